The minimum Gasteiger partial charge on any atom is -0.494 e. The molecule has 0 saturated heterocycles. The number of hydrogen-bond donors (Lipinski definition) is 2. The summed E-state index contributed by atoms with van der Waals surface area (Å²) in [7, 11) is 0. The summed E-state index contributed by atoms with van der Waals surface area (Å²) in [6.45, 7) is 4.23. The zero-order valence-electron chi connectivity index (χ0n) is 14.6. The van der Waals surface area contributed by atoms with Crippen molar-refractivity contribution in [2.75, 3.05) is 6.61 Å². The first-order valence-electron chi connectivity index (χ1n) is 8.80. The Morgan fingerprint density at radius 1 is 1.20 bits per heavy atom. The standard InChI is InChI=1S/C19H24N2O4/c1-3-24-14-10-8-13(9-11-14)17-16(12(2)20-19(23)21-17)18(22)25-15-6-4-5-7-15/h8-11,15,17H,3-7H2,1-2H3,(H2,20,21,23). The topological polar surface area (TPSA) is 76.7 Å². The quantitative estimate of drug-likeness (QED) is 0.804. The number of urea groups is 1. The van der Waals surface area contributed by atoms with E-state index in [1.807, 2.05) is 31.2 Å². The summed E-state index contributed by atoms with van der Waals surface area (Å²) in [4.78, 5) is 24.6. The van der Waals surface area contributed by atoms with Crippen LogP contribution >= 0.6 is 0 Å². The fourth-order valence-corrected chi connectivity index (χ4v) is 3.36. The van der Waals surface area contributed by atoms with Gasteiger partial charge in [0, 0.05) is 5.70 Å². The van der Waals surface area contributed by atoms with Gasteiger partial charge in [-0.25, -0.2) is 9.59 Å². The molecular weight excluding hydrogens is 320 g/mol. The Balaban J connectivity index is 1.84. The van der Waals surface area contributed by atoms with Gasteiger partial charge < -0.3 is 20.1 Å². The maximum Gasteiger partial charge on any atom is 0.338 e. The van der Waals surface area contributed by atoms with E-state index in [-0.39, 0.29) is 18.1 Å². The second kappa shape index (κ2) is 7.59. The normalized spacial score (nSPS) is 20.9. The first kappa shape index (κ1) is 17.3. The van der Waals surface area contributed by atoms with Crippen LogP contribution in [-0.2, 0) is 9.53 Å². The predicted octanol–water partition coefficient (Wildman–Crippen LogP) is 3.20. The van der Waals surface area contributed by atoms with Crippen molar-refractivity contribution in [3.05, 3.63) is 41.1 Å². The number of ether oxygens (including phenoxy) is 2. The van der Waals surface area contributed by atoms with Crippen LogP contribution in [0, 0.1) is 0 Å². The second-order valence-corrected chi connectivity index (χ2v) is 6.38. The number of nitrogens with one attached hydrogen (secondary N) is 2. The van der Waals surface area contributed by atoms with Crippen LogP contribution in [0.15, 0.2) is 35.5 Å². The van der Waals surface area contributed by atoms with E-state index in [1.54, 1.807) is 6.92 Å². The van der Waals surface area contributed by atoms with Gasteiger partial charge in [0.15, 0.2) is 0 Å². The van der Waals surface area contributed by atoms with E-state index in [4.69, 9.17) is 9.47 Å². The zero-order valence-corrected chi connectivity index (χ0v) is 14.6. The number of amides is 2. The van der Waals surface area contributed by atoms with Crippen molar-refractivity contribution in [3.63, 3.8) is 0 Å². The van der Waals surface area contributed by atoms with Crippen molar-refractivity contribution in [1.82, 2.24) is 10.6 Å². The molecule has 2 N–H and O–H groups in total. The Morgan fingerprint density at radius 2 is 1.88 bits per heavy atom. The van der Waals surface area contributed by atoms with Gasteiger partial charge in [-0.1, -0.05) is 12.1 Å². The Labute approximate surface area is 147 Å². The minimum absolute atomic E-state index is 0.0218. The molecule has 134 valence electrons. The number of hydrogen-bond acceptors (Lipinski definition) is 4. The van der Waals surface area contributed by atoms with Crippen LogP contribution in [0.25, 0.3) is 0 Å². The van der Waals surface area contributed by atoms with Crippen LogP contribution in [0.3, 0.4) is 0 Å². The highest BCUT2D eigenvalue weighted by atomic mass is 16.5. The van der Waals surface area contributed by atoms with E-state index in [9.17, 15) is 9.59 Å². The molecular formula is C19H24N2O4. The Morgan fingerprint density at radius 3 is 2.52 bits per heavy atom. The summed E-state index contributed by atoms with van der Waals surface area (Å²) in [6, 6.07) is 6.53. The first-order valence-corrected chi connectivity index (χ1v) is 8.80. The molecule has 25 heavy (non-hydrogen) atoms. The lowest BCUT2D eigenvalue weighted by Gasteiger charge is -2.29. The molecule has 1 aliphatic heterocycles. The van der Waals surface area contributed by atoms with Crippen LogP contribution in [0.5, 0.6) is 5.75 Å². The molecule has 1 aromatic rings. The molecule has 3 rings (SSSR count). The molecule has 1 saturated carbocycles. The largest absolute Gasteiger partial charge is 0.494 e. The molecule has 2 aliphatic rings. The Kier molecular flexibility index (Phi) is 5.26. The van der Waals surface area contributed by atoms with Crippen molar-refractivity contribution in [2.24, 2.45) is 0 Å². The van der Waals surface area contributed by atoms with Crippen molar-refractivity contribution in [1.29, 1.82) is 0 Å². The van der Waals surface area contributed by atoms with E-state index in [0.29, 0.717) is 17.9 Å². The summed E-state index contributed by atoms with van der Waals surface area (Å²) in [5.41, 5.74) is 1.80. The molecule has 6 heteroatoms. The van der Waals surface area contributed by atoms with Gasteiger partial charge in [-0.05, 0) is 57.2 Å². The third kappa shape index (κ3) is 3.95. The maximum absolute atomic E-state index is 12.7. The van der Waals surface area contributed by atoms with E-state index in [2.05, 4.69) is 10.6 Å². The maximum atomic E-state index is 12.7. The predicted molar refractivity (Wildman–Crippen MR) is 93.1 cm³/mol. The van der Waals surface area contributed by atoms with E-state index < -0.39 is 6.04 Å². The highest BCUT2D eigenvalue weighted by Crippen LogP contribution is 2.30. The highest BCUT2D eigenvalue weighted by molar-refractivity contribution is 5.95. The molecule has 1 aliphatic carbocycles. The Hall–Kier alpha value is -2.50. The molecule has 2 amide bonds. The second-order valence-electron chi connectivity index (χ2n) is 6.38. The van der Waals surface area contributed by atoms with Crippen LogP contribution in [0.2, 0.25) is 0 Å². The number of allylic oxidation sites excluding steroid dienone is 1. The molecule has 6 nitrogen and oxygen atoms in total. The summed E-state index contributed by atoms with van der Waals surface area (Å²) in [5, 5.41) is 5.49. The minimum atomic E-state index is -0.529. The SMILES string of the molecule is CCOc1ccc(C2NC(=O)NC(C)=C2C(=O)OC2CCCC2)cc1. The lowest BCUT2D eigenvalue weighted by molar-refractivity contribution is -0.144. The van der Waals surface area contributed by atoms with E-state index in [0.717, 1.165) is 37.0 Å². The van der Waals surface area contributed by atoms with Gasteiger partial charge in [0.1, 0.15) is 11.9 Å². The number of carbonyl (C=O) groups is 2. The number of rotatable bonds is 5. The molecule has 1 aromatic carbocycles. The molecule has 0 radical (unpaired) electrons. The van der Waals surface area contributed by atoms with E-state index in [1.165, 1.54) is 0 Å². The average molecular weight is 344 g/mol. The third-order valence-corrected chi connectivity index (χ3v) is 4.59. The smallest absolute Gasteiger partial charge is 0.338 e. The van der Waals surface area contributed by atoms with Crippen molar-refractivity contribution in [2.45, 2.75) is 51.7 Å². The third-order valence-electron chi connectivity index (χ3n) is 4.59. The van der Waals surface area contributed by atoms with Crippen LogP contribution < -0.4 is 15.4 Å². The fraction of sp³-hybridized carbons (Fsp3) is 0.474. The van der Waals surface area contributed by atoms with Gasteiger partial charge in [-0.2, -0.15) is 0 Å². The number of benzene rings is 1. The molecule has 1 heterocycles. The monoisotopic (exact) mass is 344 g/mol. The first-order chi connectivity index (χ1) is 12.1. The van der Waals surface area contributed by atoms with Crippen molar-refractivity contribution >= 4 is 12.0 Å². The van der Waals surface area contributed by atoms with Crippen LogP contribution in [-0.4, -0.2) is 24.7 Å². The number of esters is 1. The molecule has 1 fully saturated rings. The van der Waals surface area contributed by atoms with Crippen LogP contribution in [0.4, 0.5) is 4.79 Å². The summed E-state index contributed by atoms with van der Waals surface area (Å²) >= 11 is 0. The Bertz CT molecular complexity index is 675. The lowest BCUT2D eigenvalue weighted by Crippen LogP contribution is -2.45. The van der Waals surface area contributed by atoms with Gasteiger partial charge in [0.25, 0.3) is 0 Å². The molecule has 1 atom stereocenters. The van der Waals surface area contributed by atoms with Gasteiger partial charge in [0.2, 0.25) is 0 Å². The van der Waals surface area contributed by atoms with E-state index >= 15 is 0 Å². The lowest BCUT2D eigenvalue weighted by atomic mass is 9.95. The van der Waals surface area contributed by atoms with Gasteiger partial charge in [-0.15, -0.1) is 0 Å². The summed E-state index contributed by atoms with van der Waals surface area (Å²) in [5.74, 6) is 0.387. The fourth-order valence-electron chi connectivity index (χ4n) is 3.36. The summed E-state index contributed by atoms with van der Waals surface area (Å²) in [6.07, 6.45) is 3.98. The van der Waals surface area contributed by atoms with Crippen LogP contribution in [0.1, 0.15) is 51.1 Å². The zero-order chi connectivity index (χ0) is 17.8. The van der Waals surface area contributed by atoms with Crippen molar-refractivity contribution in [3.8, 4) is 5.75 Å². The molecule has 1 unspecified atom stereocenters. The van der Waals surface area contributed by atoms with Gasteiger partial charge in [-0.3, -0.25) is 0 Å². The number of carbonyl (C=O) groups excluding carboxylic acids is 2. The average Bonchev–Trinajstić information content (AvgIpc) is 3.08. The molecule has 0 aromatic heterocycles. The summed E-state index contributed by atoms with van der Waals surface area (Å²) < 4.78 is 11.1. The van der Waals surface area contributed by atoms with Gasteiger partial charge >= 0.3 is 12.0 Å². The molecule has 0 spiro atoms. The highest BCUT2D eigenvalue weighted by Gasteiger charge is 2.33. The van der Waals surface area contributed by atoms with Gasteiger partial charge in [0.05, 0.1) is 18.2 Å². The van der Waals surface area contributed by atoms with Crippen molar-refractivity contribution < 1.29 is 19.1 Å². The molecule has 0 bridgehead atoms.